The fraction of sp³-hybridized carbons (Fsp3) is 0.375. The molecule has 0 aliphatic heterocycles. The molecule has 0 amide bonds. The first-order valence-electron chi connectivity index (χ1n) is 8.19. The highest BCUT2D eigenvalue weighted by molar-refractivity contribution is 7.09. The van der Waals surface area contributed by atoms with Crippen molar-refractivity contribution in [1.82, 2.24) is 30.4 Å². The SMILES string of the molecule is CCNC(=NCc1cccs1)NCCNc1ncnc2c1cnn2C. The van der Waals surface area contributed by atoms with Crippen LogP contribution in [0.5, 0.6) is 0 Å². The molecule has 0 fully saturated rings. The van der Waals surface area contributed by atoms with Crippen LogP contribution in [0.15, 0.2) is 35.0 Å². The summed E-state index contributed by atoms with van der Waals surface area (Å²) < 4.78 is 1.74. The van der Waals surface area contributed by atoms with Crippen molar-refractivity contribution in [3.8, 4) is 0 Å². The highest BCUT2D eigenvalue weighted by atomic mass is 32.1. The van der Waals surface area contributed by atoms with Gasteiger partial charge in [-0.1, -0.05) is 6.07 Å². The molecule has 3 rings (SSSR count). The zero-order valence-electron chi connectivity index (χ0n) is 14.4. The van der Waals surface area contributed by atoms with Gasteiger partial charge in [-0.05, 0) is 18.4 Å². The number of hydrogen-bond acceptors (Lipinski definition) is 6. The molecule has 0 aliphatic rings. The summed E-state index contributed by atoms with van der Waals surface area (Å²) in [6.07, 6.45) is 3.32. The Morgan fingerprint density at radius 2 is 2.20 bits per heavy atom. The van der Waals surface area contributed by atoms with Crippen molar-refractivity contribution in [2.75, 3.05) is 25.0 Å². The molecule has 0 bridgehead atoms. The maximum absolute atomic E-state index is 4.59. The van der Waals surface area contributed by atoms with Crippen molar-refractivity contribution >= 4 is 34.1 Å². The van der Waals surface area contributed by atoms with E-state index in [1.807, 2.05) is 13.1 Å². The summed E-state index contributed by atoms with van der Waals surface area (Å²) in [6.45, 7) is 5.00. The molecule has 0 radical (unpaired) electrons. The third kappa shape index (κ3) is 4.44. The van der Waals surface area contributed by atoms with E-state index in [9.17, 15) is 0 Å². The van der Waals surface area contributed by atoms with Crippen molar-refractivity contribution in [2.24, 2.45) is 12.0 Å². The maximum Gasteiger partial charge on any atom is 0.191 e. The van der Waals surface area contributed by atoms with Crippen LogP contribution in [0.2, 0.25) is 0 Å². The minimum absolute atomic E-state index is 0.683. The Hall–Kier alpha value is -2.68. The lowest BCUT2D eigenvalue weighted by molar-refractivity contribution is 0.785. The van der Waals surface area contributed by atoms with E-state index in [1.165, 1.54) is 4.88 Å². The zero-order valence-corrected chi connectivity index (χ0v) is 15.2. The predicted molar refractivity (Wildman–Crippen MR) is 102 cm³/mol. The van der Waals surface area contributed by atoms with Crippen LogP contribution in [0, 0.1) is 0 Å². The number of nitrogens with zero attached hydrogens (tertiary/aromatic N) is 5. The van der Waals surface area contributed by atoms with Gasteiger partial charge in [-0.15, -0.1) is 11.3 Å². The van der Waals surface area contributed by atoms with Gasteiger partial charge in [0.15, 0.2) is 11.6 Å². The molecular weight excluding hydrogens is 336 g/mol. The number of aliphatic imine (C=N–C) groups is 1. The van der Waals surface area contributed by atoms with Crippen molar-refractivity contribution in [1.29, 1.82) is 0 Å². The van der Waals surface area contributed by atoms with E-state index in [2.05, 4.69) is 54.4 Å². The second kappa shape index (κ2) is 8.43. The highest BCUT2D eigenvalue weighted by Gasteiger charge is 2.07. The molecule has 0 spiro atoms. The lowest BCUT2D eigenvalue weighted by Crippen LogP contribution is -2.39. The molecule has 3 N–H and O–H groups in total. The number of nitrogens with one attached hydrogen (secondary N) is 3. The van der Waals surface area contributed by atoms with Gasteiger partial charge in [0.25, 0.3) is 0 Å². The van der Waals surface area contributed by atoms with Crippen LogP contribution in [0.1, 0.15) is 11.8 Å². The number of guanidine groups is 1. The Kier molecular flexibility index (Phi) is 5.78. The average Bonchev–Trinajstić information content (AvgIpc) is 3.27. The monoisotopic (exact) mass is 358 g/mol. The largest absolute Gasteiger partial charge is 0.368 e. The molecule has 0 unspecified atom stereocenters. The highest BCUT2D eigenvalue weighted by Crippen LogP contribution is 2.17. The molecule has 0 saturated carbocycles. The van der Waals surface area contributed by atoms with Gasteiger partial charge in [0.1, 0.15) is 12.1 Å². The van der Waals surface area contributed by atoms with Gasteiger partial charge in [-0.3, -0.25) is 4.68 Å². The number of aryl methyl sites for hydroxylation is 1. The van der Waals surface area contributed by atoms with Crippen molar-refractivity contribution in [2.45, 2.75) is 13.5 Å². The van der Waals surface area contributed by atoms with Crippen LogP contribution in [0.4, 0.5) is 5.82 Å². The van der Waals surface area contributed by atoms with Gasteiger partial charge in [0.05, 0.1) is 18.1 Å². The summed E-state index contributed by atoms with van der Waals surface area (Å²) in [7, 11) is 1.87. The fourth-order valence-electron chi connectivity index (χ4n) is 2.37. The predicted octanol–water partition coefficient (Wildman–Crippen LogP) is 1.59. The number of hydrogen-bond donors (Lipinski definition) is 3. The normalized spacial score (nSPS) is 11.7. The first-order chi connectivity index (χ1) is 12.3. The topological polar surface area (TPSA) is 92.1 Å². The Morgan fingerprint density at radius 3 is 3.00 bits per heavy atom. The lowest BCUT2D eigenvalue weighted by atomic mass is 10.4. The van der Waals surface area contributed by atoms with Crippen LogP contribution >= 0.6 is 11.3 Å². The minimum atomic E-state index is 0.683. The van der Waals surface area contributed by atoms with Gasteiger partial charge in [-0.25, -0.2) is 15.0 Å². The summed E-state index contributed by atoms with van der Waals surface area (Å²) >= 11 is 1.71. The average molecular weight is 358 g/mol. The molecule has 9 heteroatoms. The Labute approximate surface area is 150 Å². The molecule has 3 aromatic heterocycles. The third-order valence-electron chi connectivity index (χ3n) is 3.56. The Balaban J connectivity index is 1.52. The first-order valence-corrected chi connectivity index (χ1v) is 9.07. The maximum atomic E-state index is 4.59. The molecule has 0 aliphatic carbocycles. The number of aromatic nitrogens is 4. The lowest BCUT2D eigenvalue weighted by Gasteiger charge is -2.12. The quantitative estimate of drug-likeness (QED) is 0.337. The van der Waals surface area contributed by atoms with E-state index in [4.69, 9.17) is 0 Å². The molecule has 3 aromatic rings. The third-order valence-corrected chi connectivity index (χ3v) is 4.42. The van der Waals surface area contributed by atoms with E-state index in [0.717, 1.165) is 35.9 Å². The molecule has 132 valence electrons. The summed E-state index contributed by atoms with van der Waals surface area (Å²) in [4.78, 5) is 14.4. The molecule has 0 atom stereocenters. The van der Waals surface area contributed by atoms with Crippen LogP contribution < -0.4 is 16.0 Å². The summed E-state index contributed by atoms with van der Waals surface area (Å²) in [5.41, 5.74) is 0.816. The second-order valence-electron chi connectivity index (χ2n) is 5.36. The molecule has 0 saturated heterocycles. The van der Waals surface area contributed by atoms with E-state index in [-0.39, 0.29) is 0 Å². The molecule has 0 aromatic carbocycles. The number of fused-ring (bicyclic) bond motifs is 1. The molecule has 25 heavy (non-hydrogen) atoms. The number of thiophene rings is 1. The summed E-state index contributed by atoms with van der Waals surface area (Å²) in [5.74, 6) is 1.60. The van der Waals surface area contributed by atoms with Crippen molar-refractivity contribution < 1.29 is 0 Å². The van der Waals surface area contributed by atoms with Gasteiger partial charge >= 0.3 is 0 Å². The summed E-state index contributed by atoms with van der Waals surface area (Å²) in [5, 5.41) is 17.1. The van der Waals surface area contributed by atoms with Crippen LogP contribution in [0.25, 0.3) is 11.0 Å². The number of anilines is 1. The Morgan fingerprint density at radius 1 is 1.28 bits per heavy atom. The fourth-order valence-corrected chi connectivity index (χ4v) is 2.99. The van der Waals surface area contributed by atoms with Crippen LogP contribution in [0.3, 0.4) is 0 Å². The van der Waals surface area contributed by atoms with Crippen molar-refractivity contribution in [3.63, 3.8) is 0 Å². The van der Waals surface area contributed by atoms with E-state index >= 15 is 0 Å². The van der Waals surface area contributed by atoms with Gasteiger partial charge in [0, 0.05) is 31.6 Å². The van der Waals surface area contributed by atoms with Crippen molar-refractivity contribution in [3.05, 3.63) is 34.9 Å². The van der Waals surface area contributed by atoms with E-state index in [0.29, 0.717) is 13.1 Å². The Bertz CT molecular complexity index is 824. The van der Waals surface area contributed by atoms with Crippen LogP contribution in [-0.2, 0) is 13.6 Å². The number of rotatable bonds is 7. The standard InChI is InChI=1S/C16H22N8S/c1-3-17-16(20-9-12-5-4-8-25-12)19-7-6-18-14-13-10-23-24(2)15(13)22-11-21-14/h4-5,8,10-11H,3,6-7,9H2,1-2H3,(H2,17,19,20)(H,18,21,22). The van der Waals surface area contributed by atoms with Gasteiger partial charge < -0.3 is 16.0 Å². The molecule has 3 heterocycles. The van der Waals surface area contributed by atoms with E-state index < -0.39 is 0 Å². The van der Waals surface area contributed by atoms with Gasteiger partial charge in [0.2, 0.25) is 0 Å². The summed E-state index contributed by atoms with van der Waals surface area (Å²) in [6, 6.07) is 4.13. The van der Waals surface area contributed by atoms with Gasteiger partial charge in [-0.2, -0.15) is 5.10 Å². The first kappa shape index (κ1) is 17.2. The van der Waals surface area contributed by atoms with Crippen LogP contribution in [-0.4, -0.2) is 45.3 Å². The van der Waals surface area contributed by atoms with E-state index in [1.54, 1.807) is 28.5 Å². The smallest absolute Gasteiger partial charge is 0.191 e. The minimum Gasteiger partial charge on any atom is -0.368 e. The molecular formula is C16H22N8S. The second-order valence-corrected chi connectivity index (χ2v) is 6.39. The molecule has 8 nitrogen and oxygen atoms in total. The zero-order chi connectivity index (χ0) is 17.5.